The monoisotopic (exact) mass is 220 g/mol. The van der Waals surface area contributed by atoms with Gasteiger partial charge in [-0.15, -0.1) is 0 Å². The van der Waals surface area contributed by atoms with Crippen molar-refractivity contribution in [3.05, 3.63) is 17.8 Å². The van der Waals surface area contributed by atoms with Crippen molar-refractivity contribution < 1.29 is 5.11 Å². The molecule has 0 aromatic carbocycles. The molecule has 0 unspecified atom stereocenters. The van der Waals surface area contributed by atoms with E-state index in [-0.39, 0.29) is 6.61 Å². The number of pyridine rings is 1. The smallest absolute Gasteiger partial charge is 0.152 e. The summed E-state index contributed by atoms with van der Waals surface area (Å²) in [7, 11) is 1.81. The number of aliphatic hydroxyl groups excluding tert-OH is 1. The molecule has 0 aliphatic rings. The molecule has 0 bridgehead atoms. The fraction of sp³-hybridized carbons (Fsp3) is 0.455. The molecule has 16 heavy (non-hydrogen) atoms. The number of nitriles is 1. The van der Waals surface area contributed by atoms with Crippen molar-refractivity contribution >= 4 is 11.5 Å². The van der Waals surface area contributed by atoms with Gasteiger partial charge in [0.2, 0.25) is 0 Å². The Morgan fingerprint density at radius 1 is 1.62 bits per heavy atom. The normalized spacial score (nSPS) is 10.9. The van der Waals surface area contributed by atoms with Crippen molar-refractivity contribution in [1.29, 1.82) is 5.26 Å². The number of nitrogens with zero attached hydrogens (tertiary/aromatic N) is 3. The van der Waals surface area contributed by atoms with Crippen LogP contribution >= 0.6 is 0 Å². The molecule has 1 heterocycles. The highest BCUT2D eigenvalue weighted by Gasteiger charge is 2.25. The van der Waals surface area contributed by atoms with Crippen molar-refractivity contribution in [1.82, 2.24) is 4.98 Å². The minimum Gasteiger partial charge on any atom is -0.396 e. The zero-order valence-electron chi connectivity index (χ0n) is 9.73. The number of anilines is 2. The van der Waals surface area contributed by atoms with E-state index in [0.717, 1.165) is 0 Å². The fourth-order valence-corrected chi connectivity index (χ4v) is 1.21. The van der Waals surface area contributed by atoms with Crippen LogP contribution in [-0.4, -0.2) is 29.3 Å². The van der Waals surface area contributed by atoms with Gasteiger partial charge in [-0.1, -0.05) is 0 Å². The SMILES string of the molecule is CN(c1ncc(C#N)cc1N)C(C)(C)CO. The number of hydrogen-bond donors (Lipinski definition) is 2. The topological polar surface area (TPSA) is 86.2 Å². The highest BCUT2D eigenvalue weighted by atomic mass is 16.3. The molecule has 0 atom stereocenters. The first-order valence-electron chi connectivity index (χ1n) is 4.92. The van der Waals surface area contributed by atoms with Gasteiger partial charge in [0.25, 0.3) is 0 Å². The third-order valence-corrected chi connectivity index (χ3v) is 2.64. The van der Waals surface area contributed by atoms with Gasteiger partial charge in [0, 0.05) is 13.2 Å². The van der Waals surface area contributed by atoms with Gasteiger partial charge in [0.05, 0.1) is 23.4 Å². The Morgan fingerprint density at radius 2 is 2.25 bits per heavy atom. The molecule has 0 saturated heterocycles. The summed E-state index contributed by atoms with van der Waals surface area (Å²) in [5.41, 5.74) is 6.22. The molecule has 0 aliphatic carbocycles. The summed E-state index contributed by atoms with van der Waals surface area (Å²) >= 11 is 0. The summed E-state index contributed by atoms with van der Waals surface area (Å²) in [6.45, 7) is 3.75. The minimum atomic E-state index is -0.449. The summed E-state index contributed by atoms with van der Waals surface area (Å²) in [6, 6.07) is 3.55. The maximum atomic E-state index is 9.25. The van der Waals surface area contributed by atoms with E-state index in [4.69, 9.17) is 11.0 Å². The number of nitrogens with two attached hydrogens (primary N) is 1. The highest BCUT2D eigenvalue weighted by molar-refractivity contribution is 5.65. The van der Waals surface area contributed by atoms with Gasteiger partial charge < -0.3 is 15.7 Å². The predicted octanol–water partition coefficient (Wildman–Crippen LogP) is 0.743. The average Bonchev–Trinajstić information content (AvgIpc) is 2.28. The molecule has 5 nitrogen and oxygen atoms in total. The van der Waals surface area contributed by atoms with Gasteiger partial charge in [-0.25, -0.2) is 4.98 Å². The first kappa shape index (κ1) is 12.3. The molecule has 0 aliphatic heterocycles. The van der Waals surface area contributed by atoms with Gasteiger partial charge in [-0.2, -0.15) is 5.26 Å². The van der Waals surface area contributed by atoms with Gasteiger partial charge >= 0.3 is 0 Å². The molecular weight excluding hydrogens is 204 g/mol. The van der Waals surface area contributed by atoms with Crippen LogP contribution in [0.4, 0.5) is 11.5 Å². The van der Waals surface area contributed by atoms with Crippen LogP contribution in [0, 0.1) is 11.3 Å². The average molecular weight is 220 g/mol. The molecule has 1 aromatic heterocycles. The molecule has 0 fully saturated rings. The second-order valence-electron chi connectivity index (χ2n) is 4.28. The Balaban J connectivity index is 3.11. The van der Waals surface area contributed by atoms with E-state index < -0.39 is 5.54 Å². The summed E-state index contributed by atoms with van der Waals surface area (Å²) in [4.78, 5) is 5.93. The van der Waals surface area contributed by atoms with Crippen LogP contribution in [0.5, 0.6) is 0 Å². The van der Waals surface area contributed by atoms with E-state index in [1.165, 1.54) is 6.20 Å². The molecule has 86 valence electrons. The second kappa shape index (κ2) is 4.37. The van der Waals surface area contributed by atoms with E-state index in [1.54, 1.807) is 18.0 Å². The lowest BCUT2D eigenvalue weighted by atomic mass is 10.0. The molecule has 0 amide bonds. The van der Waals surface area contributed by atoms with Crippen LogP contribution < -0.4 is 10.6 Å². The zero-order chi connectivity index (χ0) is 12.3. The third-order valence-electron chi connectivity index (χ3n) is 2.64. The van der Waals surface area contributed by atoms with Crippen LogP contribution in [0.25, 0.3) is 0 Å². The first-order chi connectivity index (χ1) is 7.42. The minimum absolute atomic E-state index is 0.00930. The van der Waals surface area contributed by atoms with E-state index in [2.05, 4.69) is 4.98 Å². The van der Waals surface area contributed by atoms with Gasteiger partial charge in [-0.3, -0.25) is 0 Å². The van der Waals surface area contributed by atoms with Gasteiger partial charge in [0.1, 0.15) is 6.07 Å². The number of aromatic nitrogens is 1. The molecule has 1 aromatic rings. The van der Waals surface area contributed by atoms with Crippen LogP contribution in [0.3, 0.4) is 0 Å². The van der Waals surface area contributed by atoms with Gasteiger partial charge in [-0.05, 0) is 19.9 Å². The van der Waals surface area contributed by atoms with E-state index in [9.17, 15) is 5.11 Å². The first-order valence-corrected chi connectivity index (χ1v) is 4.92. The highest BCUT2D eigenvalue weighted by Crippen LogP contribution is 2.25. The predicted molar refractivity (Wildman–Crippen MR) is 62.9 cm³/mol. The second-order valence-corrected chi connectivity index (χ2v) is 4.28. The Labute approximate surface area is 95.1 Å². The quantitative estimate of drug-likeness (QED) is 0.784. The summed E-state index contributed by atoms with van der Waals surface area (Å²) < 4.78 is 0. The zero-order valence-corrected chi connectivity index (χ0v) is 9.73. The molecule has 0 radical (unpaired) electrons. The van der Waals surface area contributed by atoms with Crippen molar-refractivity contribution in [2.45, 2.75) is 19.4 Å². The third kappa shape index (κ3) is 2.23. The Morgan fingerprint density at radius 3 is 2.69 bits per heavy atom. The Hall–Kier alpha value is -1.80. The summed E-state index contributed by atoms with van der Waals surface area (Å²) in [6.07, 6.45) is 1.47. The number of nitrogen functional groups attached to an aromatic ring is 1. The van der Waals surface area contributed by atoms with Gasteiger partial charge in [0.15, 0.2) is 5.82 Å². The van der Waals surface area contributed by atoms with Crippen molar-refractivity contribution in [2.24, 2.45) is 0 Å². The van der Waals surface area contributed by atoms with E-state index in [1.807, 2.05) is 19.9 Å². The lowest BCUT2D eigenvalue weighted by molar-refractivity contribution is 0.216. The van der Waals surface area contributed by atoms with Crippen molar-refractivity contribution in [2.75, 3.05) is 24.3 Å². The van der Waals surface area contributed by atoms with Crippen LogP contribution in [0.2, 0.25) is 0 Å². The molecular formula is C11H16N4O. The van der Waals surface area contributed by atoms with E-state index >= 15 is 0 Å². The maximum Gasteiger partial charge on any atom is 0.152 e. The number of aliphatic hydroxyl groups is 1. The standard InChI is InChI=1S/C11H16N4O/c1-11(2,7-16)15(3)10-9(13)4-8(5-12)6-14-10/h4,6,16H,7,13H2,1-3H3. The van der Waals surface area contributed by atoms with Crippen LogP contribution in [0.1, 0.15) is 19.4 Å². The Kier molecular flexibility index (Phi) is 3.35. The summed E-state index contributed by atoms with van der Waals surface area (Å²) in [5.74, 6) is 0.568. The number of rotatable bonds is 3. The lowest BCUT2D eigenvalue weighted by Gasteiger charge is -2.35. The van der Waals surface area contributed by atoms with Crippen molar-refractivity contribution in [3.63, 3.8) is 0 Å². The molecule has 5 heteroatoms. The lowest BCUT2D eigenvalue weighted by Crippen LogP contribution is -2.45. The fourth-order valence-electron chi connectivity index (χ4n) is 1.21. The number of hydrogen-bond acceptors (Lipinski definition) is 5. The molecule has 0 saturated carbocycles. The molecule has 0 spiro atoms. The van der Waals surface area contributed by atoms with Crippen molar-refractivity contribution in [3.8, 4) is 6.07 Å². The van der Waals surface area contributed by atoms with E-state index in [0.29, 0.717) is 17.1 Å². The largest absolute Gasteiger partial charge is 0.396 e. The van der Waals surface area contributed by atoms with Crippen LogP contribution in [-0.2, 0) is 0 Å². The summed E-state index contributed by atoms with van der Waals surface area (Å²) in [5, 5.41) is 18.0. The van der Waals surface area contributed by atoms with Crippen LogP contribution in [0.15, 0.2) is 12.3 Å². The maximum absolute atomic E-state index is 9.25. The molecule has 1 rings (SSSR count). The number of likely N-dealkylation sites (N-methyl/N-ethyl adjacent to an activating group) is 1. The molecule has 3 N–H and O–H groups in total. The Bertz CT molecular complexity index is 422.